The predicted molar refractivity (Wildman–Crippen MR) is 133 cm³/mol. The molecule has 0 spiro atoms. The van der Waals surface area contributed by atoms with Crippen LogP contribution in [0.25, 0.3) is 27.5 Å². The maximum atomic E-state index is 14.0. The second-order valence-corrected chi connectivity index (χ2v) is 9.12. The summed E-state index contributed by atoms with van der Waals surface area (Å²) >= 11 is 0. The largest absolute Gasteiger partial charge is 0.416 e. The third kappa shape index (κ3) is 4.80. The predicted octanol–water partition coefficient (Wildman–Crippen LogP) is 7.17. The molecule has 5 nitrogen and oxygen atoms in total. The number of hydrogen-bond donors (Lipinski definition) is 0. The molecule has 3 aromatic carbocycles. The van der Waals surface area contributed by atoms with Gasteiger partial charge in [-0.2, -0.15) is 26.3 Å². The van der Waals surface area contributed by atoms with Crippen molar-refractivity contribution in [3.63, 3.8) is 0 Å². The SMILES string of the molecule is Cc1nnc2c3ccccc3c(-c3ccccc3)c(C(=O)N(C)Cc3cc(C(F)(F)F)cc(C(F)(F)F)c3)n12. The van der Waals surface area contributed by atoms with Crippen LogP contribution in [-0.2, 0) is 18.9 Å². The number of nitrogens with zero attached hydrogens (tertiary/aromatic N) is 4. The first-order valence-electron chi connectivity index (χ1n) is 11.7. The first kappa shape index (κ1) is 26.2. The highest BCUT2D eigenvalue weighted by atomic mass is 19.4. The van der Waals surface area contributed by atoms with Crippen molar-refractivity contribution in [2.75, 3.05) is 7.05 Å². The van der Waals surface area contributed by atoms with Crippen molar-refractivity contribution in [2.24, 2.45) is 0 Å². The molecule has 2 aromatic heterocycles. The van der Waals surface area contributed by atoms with Crippen molar-refractivity contribution in [3.05, 3.63) is 101 Å². The lowest BCUT2D eigenvalue weighted by Gasteiger charge is -2.23. The van der Waals surface area contributed by atoms with E-state index in [1.165, 1.54) is 7.05 Å². The maximum Gasteiger partial charge on any atom is 0.416 e. The minimum atomic E-state index is -5.00. The summed E-state index contributed by atoms with van der Waals surface area (Å²) in [7, 11) is 1.32. The van der Waals surface area contributed by atoms with Gasteiger partial charge in [-0.1, -0.05) is 54.6 Å². The molecule has 0 atom stereocenters. The highest BCUT2D eigenvalue weighted by Crippen LogP contribution is 2.38. The Balaban J connectivity index is 1.69. The number of aryl methyl sites for hydroxylation is 1. The Morgan fingerprint density at radius 3 is 1.97 bits per heavy atom. The van der Waals surface area contributed by atoms with Gasteiger partial charge in [0.2, 0.25) is 0 Å². The number of aromatic nitrogens is 3. The number of halogens is 6. The molecule has 2 heterocycles. The highest BCUT2D eigenvalue weighted by Gasteiger charge is 2.37. The van der Waals surface area contributed by atoms with Gasteiger partial charge < -0.3 is 4.90 Å². The van der Waals surface area contributed by atoms with Gasteiger partial charge in [0.15, 0.2) is 5.65 Å². The van der Waals surface area contributed by atoms with Gasteiger partial charge in [-0.3, -0.25) is 9.20 Å². The van der Waals surface area contributed by atoms with Crippen molar-refractivity contribution >= 4 is 22.3 Å². The quantitative estimate of drug-likeness (QED) is 0.226. The summed E-state index contributed by atoms with van der Waals surface area (Å²) in [5.74, 6) is -0.235. The standard InChI is InChI=1S/C28H20F6N4O/c1-16-35-36-25-22-11-7-6-10-21(22)23(18-8-4-3-5-9-18)24(38(16)25)26(39)37(2)15-17-12-19(27(29,30)31)14-20(13-17)28(32,33)34/h3-14H,15H2,1-2H3. The van der Waals surface area contributed by atoms with Gasteiger partial charge in [0, 0.05) is 24.5 Å². The van der Waals surface area contributed by atoms with E-state index in [1.54, 1.807) is 29.5 Å². The van der Waals surface area contributed by atoms with Crippen LogP contribution in [0, 0.1) is 6.92 Å². The number of pyridine rings is 1. The van der Waals surface area contributed by atoms with E-state index in [0.717, 1.165) is 10.3 Å². The summed E-state index contributed by atoms with van der Waals surface area (Å²) < 4.78 is 82.0. The molecular formula is C28H20F6N4O. The molecule has 0 saturated heterocycles. The lowest BCUT2D eigenvalue weighted by molar-refractivity contribution is -0.143. The monoisotopic (exact) mass is 542 g/mol. The Hall–Kier alpha value is -4.41. The van der Waals surface area contributed by atoms with E-state index in [1.807, 2.05) is 36.4 Å². The Kier molecular flexibility index (Phi) is 6.32. The summed E-state index contributed by atoms with van der Waals surface area (Å²) in [6, 6.07) is 17.6. The lowest BCUT2D eigenvalue weighted by atomic mass is 9.96. The zero-order valence-corrected chi connectivity index (χ0v) is 20.6. The second-order valence-electron chi connectivity index (χ2n) is 9.12. The Morgan fingerprint density at radius 1 is 0.821 bits per heavy atom. The minimum Gasteiger partial charge on any atom is -0.336 e. The average Bonchev–Trinajstić information content (AvgIpc) is 3.28. The number of fused-ring (bicyclic) bond motifs is 3. The van der Waals surface area contributed by atoms with Gasteiger partial charge in [-0.05, 0) is 41.6 Å². The summed E-state index contributed by atoms with van der Waals surface area (Å²) in [5.41, 5.74) is -1.42. The van der Waals surface area contributed by atoms with E-state index in [2.05, 4.69) is 10.2 Å². The number of hydrogen-bond acceptors (Lipinski definition) is 3. The molecule has 5 rings (SSSR count). The second kappa shape index (κ2) is 9.40. The number of carbonyl (C=O) groups is 1. The molecule has 0 unspecified atom stereocenters. The maximum absolute atomic E-state index is 14.0. The van der Waals surface area contributed by atoms with E-state index in [-0.39, 0.29) is 17.3 Å². The fourth-order valence-corrected chi connectivity index (χ4v) is 4.68. The van der Waals surface area contributed by atoms with Gasteiger partial charge in [-0.25, -0.2) is 0 Å². The van der Waals surface area contributed by atoms with Crippen LogP contribution >= 0.6 is 0 Å². The molecule has 11 heteroatoms. The average molecular weight is 542 g/mol. The van der Waals surface area contributed by atoms with Crippen molar-refractivity contribution in [2.45, 2.75) is 25.8 Å². The zero-order chi connectivity index (χ0) is 28.1. The molecule has 1 amide bonds. The van der Waals surface area contributed by atoms with Crippen LogP contribution in [-0.4, -0.2) is 32.5 Å². The molecule has 0 aliphatic heterocycles. The van der Waals surface area contributed by atoms with Crippen LogP contribution in [0.1, 0.15) is 33.0 Å². The van der Waals surface area contributed by atoms with Crippen molar-refractivity contribution in [3.8, 4) is 11.1 Å². The van der Waals surface area contributed by atoms with Crippen LogP contribution in [0.15, 0.2) is 72.8 Å². The van der Waals surface area contributed by atoms with Gasteiger partial charge in [0.1, 0.15) is 11.5 Å². The number of carbonyl (C=O) groups excluding carboxylic acids is 1. The molecule has 0 aliphatic carbocycles. The van der Waals surface area contributed by atoms with Crippen molar-refractivity contribution < 1.29 is 31.1 Å². The van der Waals surface area contributed by atoms with E-state index in [0.29, 0.717) is 40.1 Å². The Labute approximate surface area is 218 Å². The van der Waals surface area contributed by atoms with Gasteiger partial charge in [0.25, 0.3) is 5.91 Å². The molecule has 0 fully saturated rings. The molecule has 200 valence electrons. The number of amides is 1. The zero-order valence-electron chi connectivity index (χ0n) is 20.6. The summed E-state index contributed by atoms with van der Waals surface area (Å²) in [6.07, 6.45) is -9.99. The van der Waals surface area contributed by atoms with Crippen LogP contribution in [0.2, 0.25) is 0 Å². The van der Waals surface area contributed by atoms with Gasteiger partial charge in [0.05, 0.1) is 11.1 Å². The summed E-state index contributed by atoms with van der Waals surface area (Å²) in [6.45, 7) is 1.15. The fraction of sp³-hybridized carbons (Fsp3) is 0.179. The van der Waals surface area contributed by atoms with E-state index >= 15 is 0 Å². The fourth-order valence-electron chi connectivity index (χ4n) is 4.68. The molecule has 5 aromatic rings. The van der Waals surface area contributed by atoms with Crippen LogP contribution in [0.3, 0.4) is 0 Å². The van der Waals surface area contributed by atoms with Crippen LogP contribution < -0.4 is 0 Å². The molecule has 0 saturated carbocycles. The van der Waals surface area contributed by atoms with E-state index in [4.69, 9.17) is 0 Å². The number of rotatable bonds is 4. The minimum absolute atomic E-state index is 0.0617. The van der Waals surface area contributed by atoms with Gasteiger partial charge in [-0.15, -0.1) is 10.2 Å². The number of alkyl halides is 6. The van der Waals surface area contributed by atoms with Crippen molar-refractivity contribution in [1.29, 1.82) is 0 Å². The van der Waals surface area contributed by atoms with Crippen LogP contribution in [0.5, 0.6) is 0 Å². The Bertz CT molecular complexity index is 1680. The third-order valence-electron chi connectivity index (χ3n) is 6.40. The lowest BCUT2D eigenvalue weighted by Crippen LogP contribution is -2.29. The first-order valence-corrected chi connectivity index (χ1v) is 11.7. The molecule has 0 bridgehead atoms. The third-order valence-corrected chi connectivity index (χ3v) is 6.40. The van der Waals surface area contributed by atoms with Crippen molar-refractivity contribution in [1.82, 2.24) is 19.5 Å². The molecule has 0 N–H and O–H groups in total. The Morgan fingerprint density at radius 2 is 1.38 bits per heavy atom. The summed E-state index contributed by atoms with van der Waals surface area (Å²) in [5, 5.41) is 9.79. The normalized spacial score (nSPS) is 12.3. The molecule has 0 radical (unpaired) electrons. The van der Waals surface area contributed by atoms with E-state index < -0.39 is 35.9 Å². The summed E-state index contributed by atoms with van der Waals surface area (Å²) in [4.78, 5) is 15.1. The van der Waals surface area contributed by atoms with Gasteiger partial charge >= 0.3 is 12.4 Å². The molecular weight excluding hydrogens is 522 g/mol. The smallest absolute Gasteiger partial charge is 0.336 e. The number of benzene rings is 3. The topological polar surface area (TPSA) is 50.5 Å². The first-order chi connectivity index (χ1) is 18.4. The molecule has 0 aliphatic rings. The highest BCUT2D eigenvalue weighted by molar-refractivity contribution is 6.12. The van der Waals surface area contributed by atoms with Crippen LogP contribution in [0.4, 0.5) is 26.3 Å². The molecule has 39 heavy (non-hydrogen) atoms. The van der Waals surface area contributed by atoms with E-state index in [9.17, 15) is 31.1 Å².